The summed E-state index contributed by atoms with van der Waals surface area (Å²) in [4.78, 5) is 37.2. The second-order valence-corrected chi connectivity index (χ2v) is 12.7. The molecule has 1 unspecified atom stereocenters. The molecule has 2 aromatic carbocycles. The van der Waals surface area contributed by atoms with Crippen molar-refractivity contribution in [2.24, 2.45) is 5.92 Å². The Morgan fingerprint density at radius 1 is 1.11 bits per heavy atom. The summed E-state index contributed by atoms with van der Waals surface area (Å²) in [5.74, 6) is 1.44. The molecule has 1 fully saturated rings. The first-order valence-corrected chi connectivity index (χ1v) is 16.6. The zero-order valence-corrected chi connectivity index (χ0v) is 27.2. The molecule has 5 aromatic rings. The van der Waals surface area contributed by atoms with Crippen molar-refractivity contribution in [1.82, 2.24) is 14.5 Å². The van der Waals surface area contributed by atoms with Crippen molar-refractivity contribution in [2.75, 3.05) is 23.3 Å². The van der Waals surface area contributed by atoms with Gasteiger partial charge in [-0.15, -0.1) is 0 Å². The van der Waals surface area contributed by atoms with Gasteiger partial charge in [-0.05, 0) is 73.1 Å². The molecule has 0 bridgehead atoms. The van der Waals surface area contributed by atoms with E-state index < -0.39 is 0 Å². The van der Waals surface area contributed by atoms with Crippen LogP contribution in [0.15, 0.2) is 63.9 Å². The fraction of sp³-hybridized carbons (Fsp3) is 0.405. The minimum Gasteiger partial charge on any atom is -0.507 e. The van der Waals surface area contributed by atoms with Crippen LogP contribution in [0.3, 0.4) is 0 Å². The molecule has 0 aliphatic heterocycles. The SMILES string of the molecule is CCCN(CCC(C)CC)c1cc(=O)c2c(O)cc(-c3cccc(Nc4ncc5cc(C(C)=O)n(C6CCCC6)c5n4)c3)cc2o1. The number of Topliss-reactive ketones (excluding diaryl/α,β-unsaturated/α-hetero) is 1. The lowest BCUT2D eigenvalue weighted by Crippen LogP contribution is -2.27. The number of fused-ring (bicyclic) bond motifs is 2. The zero-order valence-electron chi connectivity index (χ0n) is 27.2. The van der Waals surface area contributed by atoms with Crippen molar-refractivity contribution in [1.29, 1.82) is 0 Å². The molecule has 9 nitrogen and oxygen atoms in total. The third-order valence-corrected chi connectivity index (χ3v) is 9.27. The molecule has 3 heterocycles. The van der Waals surface area contributed by atoms with Crippen LogP contribution in [-0.4, -0.2) is 38.5 Å². The third-order valence-electron chi connectivity index (χ3n) is 9.27. The molecule has 1 aliphatic rings. The number of carbonyl (C=O) groups is 1. The number of anilines is 3. The Morgan fingerprint density at radius 3 is 2.65 bits per heavy atom. The predicted octanol–water partition coefficient (Wildman–Crippen LogP) is 8.62. The van der Waals surface area contributed by atoms with Crippen LogP contribution >= 0.6 is 0 Å². The van der Waals surface area contributed by atoms with E-state index in [0.717, 1.165) is 80.3 Å². The second-order valence-electron chi connectivity index (χ2n) is 12.7. The van der Waals surface area contributed by atoms with Gasteiger partial charge in [-0.1, -0.05) is 52.2 Å². The average Bonchev–Trinajstić information content (AvgIpc) is 3.70. The van der Waals surface area contributed by atoms with E-state index in [1.807, 2.05) is 36.4 Å². The quantitative estimate of drug-likeness (QED) is 0.133. The molecule has 1 saturated carbocycles. The Balaban J connectivity index is 1.32. The number of nitrogens with zero attached hydrogens (tertiary/aromatic N) is 4. The van der Waals surface area contributed by atoms with Gasteiger partial charge in [-0.3, -0.25) is 9.59 Å². The van der Waals surface area contributed by atoms with Crippen LogP contribution in [0.25, 0.3) is 33.1 Å². The fourth-order valence-corrected chi connectivity index (χ4v) is 6.54. The Morgan fingerprint density at radius 2 is 1.91 bits per heavy atom. The highest BCUT2D eigenvalue weighted by Crippen LogP contribution is 2.36. The molecule has 240 valence electrons. The number of ketones is 1. The van der Waals surface area contributed by atoms with Crippen molar-refractivity contribution < 1.29 is 14.3 Å². The van der Waals surface area contributed by atoms with Crippen molar-refractivity contribution in [3.8, 4) is 16.9 Å². The van der Waals surface area contributed by atoms with Crippen molar-refractivity contribution in [3.05, 3.63) is 70.6 Å². The Kier molecular flexibility index (Phi) is 9.10. The summed E-state index contributed by atoms with van der Waals surface area (Å²) in [6.07, 6.45) is 9.16. The van der Waals surface area contributed by atoms with E-state index in [0.29, 0.717) is 34.6 Å². The van der Waals surface area contributed by atoms with Crippen LogP contribution in [0, 0.1) is 5.92 Å². The number of aromatic hydroxyl groups is 1. The lowest BCUT2D eigenvalue weighted by molar-refractivity contribution is 0.100. The van der Waals surface area contributed by atoms with E-state index in [2.05, 4.69) is 40.5 Å². The normalized spacial score (nSPS) is 14.3. The van der Waals surface area contributed by atoms with Gasteiger partial charge in [0, 0.05) is 49.4 Å². The zero-order chi connectivity index (χ0) is 32.4. The van der Waals surface area contributed by atoms with Crippen LogP contribution in [0.1, 0.15) is 89.2 Å². The number of nitrogens with one attached hydrogen (secondary N) is 1. The van der Waals surface area contributed by atoms with E-state index in [-0.39, 0.29) is 28.4 Å². The van der Waals surface area contributed by atoms with Gasteiger partial charge in [0.1, 0.15) is 22.4 Å². The van der Waals surface area contributed by atoms with E-state index in [1.165, 1.54) is 6.07 Å². The van der Waals surface area contributed by atoms with Gasteiger partial charge < -0.3 is 24.3 Å². The molecule has 2 N–H and O–H groups in total. The Hall–Kier alpha value is -4.66. The highest BCUT2D eigenvalue weighted by atomic mass is 16.4. The Labute approximate surface area is 269 Å². The summed E-state index contributed by atoms with van der Waals surface area (Å²) in [5.41, 5.74) is 3.83. The van der Waals surface area contributed by atoms with Crippen molar-refractivity contribution in [3.63, 3.8) is 0 Å². The molecule has 46 heavy (non-hydrogen) atoms. The minimum atomic E-state index is -0.261. The fourth-order valence-electron chi connectivity index (χ4n) is 6.54. The molecule has 1 atom stereocenters. The van der Waals surface area contributed by atoms with Crippen LogP contribution in [0.2, 0.25) is 0 Å². The molecule has 0 saturated heterocycles. The minimum absolute atomic E-state index is 0.0258. The lowest BCUT2D eigenvalue weighted by atomic mass is 10.0. The highest BCUT2D eigenvalue weighted by molar-refractivity contribution is 5.98. The van der Waals surface area contributed by atoms with Gasteiger partial charge in [0.2, 0.25) is 5.95 Å². The van der Waals surface area contributed by atoms with Crippen LogP contribution in [0.4, 0.5) is 17.5 Å². The number of rotatable bonds is 12. The van der Waals surface area contributed by atoms with E-state index in [4.69, 9.17) is 9.40 Å². The van der Waals surface area contributed by atoms with Crippen LogP contribution in [0.5, 0.6) is 5.75 Å². The topological polar surface area (TPSA) is 113 Å². The molecular weight excluding hydrogens is 578 g/mol. The first-order chi connectivity index (χ1) is 22.2. The van der Waals surface area contributed by atoms with E-state index in [9.17, 15) is 14.7 Å². The predicted molar refractivity (Wildman–Crippen MR) is 184 cm³/mol. The summed E-state index contributed by atoms with van der Waals surface area (Å²) in [7, 11) is 0. The second kappa shape index (κ2) is 13.4. The summed E-state index contributed by atoms with van der Waals surface area (Å²) in [6.45, 7) is 9.71. The van der Waals surface area contributed by atoms with E-state index >= 15 is 0 Å². The third kappa shape index (κ3) is 6.36. The summed E-state index contributed by atoms with van der Waals surface area (Å²) < 4.78 is 8.41. The maximum atomic E-state index is 13.2. The smallest absolute Gasteiger partial charge is 0.229 e. The average molecular weight is 622 g/mol. The molecule has 0 spiro atoms. The number of carbonyl (C=O) groups excluding carboxylic acids is 1. The number of hydrogen-bond acceptors (Lipinski definition) is 8. The largest absolute Gasteiger partial charge is 0.507 e. The molecule has 6 rings (SSSR count). The van der Waals surface area contributed by atoms with Gasteiger partial charge in [-0.2, -0.15) is 4.98 Å². The first kappa shape index (κ1) is 31.3. The van der Waals surface area contributed by atoms with Gasteiger partial charge >= 0.3 is 0 Å². The maximum absolute atomic E-state index is 13.2. The Bertz CT molecular complexity index is 1940. The number of aromatic nitrogens is 3. The number of phenols is 1. The molecule has 1 aliphatic carbocycles. The van der Waals surface area contributed by atoms with Crippen molar-refractivity contribution >= 4 is 45.3 Å². The molecule has 0 radical (unpaired) electrons. The molecule has 0 amide bonds. The highest BCUT2D eigenvalue weighted by Gasteiger charge is 2.24. The van der Waals surface area contributed by atoms with Crippen LogP contribution in [-0.2, 0) is 0 Å². The molecule has 9 heteroatoms. The summed E-state index contributed by atoms with van der Waals surface area (Å²) in [6, 6.07) is 14.8. The van der Waals surface area contributed by atoms with Crippen LogP contribution < -0.4 is 15.6 Å². The van der Waals surface area contributed by atoms with Crippen molar-refractivity contribution in [2.45, 2.75) is 78.7 Å². The monoisotopic (exact) mass is 621 g/mol. The number of phenolic OH excluding ortho intramolecular Hbond substituents is 1. The van der Waals surface area contributed by atoms with Gasteiger partial charge in [0.15, 0.2) is 17.1 Å². The molecular formula is C37H43N5O4. The van der Waals surface area contributed by atoms with Gasteiger partial charge in [-0.25, -0.2) is 4.98 Å². The number of hydrogen-bond donors (Lipinski definition) is 2. The lowest BCUT2D eigenvalue weighted by Gasteiger charge is -2.24. The first-order valence-electron chi connectivity index (χ1n) is 16.6. The number of benzene rings is 2. The van der Waals surface area contributed by atoms with E-state index in [1.54, 1.807) is 19.2 Å². The summed E-state index contributed by atoms with van der Waals surface area (Å²) in [5, 5.41) is 15.3. The van der Waals surface area contributed by atoms with Gasteiger partial charge in [0.25, 0.3) is 0 Å². The van der Waals surface area contributed by atoms with Gasteiger partial charge in [0.05, 0.1) is 5.69 Å². The maximum Gasteiger partial charge on any atom is 0.229 e. The standard InChI is InChI=1S/C37H43N5O4/c1-5-15-41(16-14-23(3)6-2)34-21-32(45)35-31(44)19-26(20-33(35)46-34)25-10-9-11-28(17-25)39-37-38-22-27-18-30(24(4)43)42(36(27)40-37)29-12-7-8-13-29/h9-11,17-23,29,44H,5-8,12-16H2,1-4H3,(H,38,39,40). The molecule has 3 aromatic heterocycles. The summed E-state index contributed by atoms with van der Waals surface area (Å²) >= 11 is 0.